The van der Waals surface area contributed by atoms with Crippen LogP contribution in [-0.4, -0.2) is 56.4 Å². The van der Waals surface area contributed by atoms with E-state index in [1.165, 1.54) is 0 Å². The minimum Gasteiger partial charge on any atom is -0.339 e. The van der Waals surface area contributed by atoms with Gasteiger partial charge in [0.25, 0.3) is 0 Å². The van der Waals surface area contributed by atoms with Gasteiger partial charge in [-0.15, -0.1) is 0 Å². The van der Waals surface area contributed by atoms with Gasteiger partial charge in [-0.05, 0) is 19.4 Å². The normalized spacial score (nSPS) is 21.5. The van der Waals surface area contributed by atoms with Gasteiger partial charge in [-0.1, -0.05) is 20.3 Å². The predicted molar refractivity (Wildman–Crippen MR) is 76.8 cm³/mol. The molecule has 1 N–H and O–H groups in total. The zero-order valence-corrected chi connectivity index (χ0v) is 12.8. The van der Waals surface area contributed by atoms with Crippen molar-refractivity contribution in [3.63, 3.8) is 0 Å². The topological polar surface area (TPSA) is 66.5 Å². The fourth-order valence-corrected chi connectivity index (χ4v) is 4.11. The number of sulfone groups is 1. The molecule has 0 aromatic carbocycles. The van der Waals surface area contributed by atoms with Gasteiger partial charge in [0.05, 0.1) is 11.5 Å². The SMILES string of the molecule is CCCCN(C(=O)CCNCC)C1CCS(=O)(=O)C1. The van der Waals surface area contributed by atoms with Crippen LogP contribution >= 0.6 is 0 Å². The fourth-order valence-electron chi connectivity index (χ4n) is 2.38. The van der Waals surface area contributed by atoms with E-state index in [9.17, 15) is 13.2 Å². The highest BCUT2D eigenvalue weighted by Crippen LogP contribution is 2.19. The monoisotopic (exact) mass is 290 g/mol. The molecular weight excluding hydrogens is 264 g/mol. The molecule has 112 valence electrons. The zero-order chi connectivity index (χ0) is 14.3. The van der Waals surface area contributed by atoms with Crippen molar-refractivity contribution in [1.29, 1.82) is 0 Å². The summed E-state index contributed by atoms with van der Waals surface area (Å²) in [5.74, 6) is 0.446. The standard InChI is InChI=1S/C13H26N2O3S/c1-3-5-9-15(13(16)6-8-14-4-2)12-7-10-19(17,18)11-12/h12,14H,3-11H2,1-2H3. The Morgan fingerprint density at radius 2 is 2.11 bits per heavy atom. The Bertz CT molecular complexity index is 381. The number of carbonyl (C=O) groups excluding carboxylic acids is 1. The molecule has 0 spiro atoms. The Hall–Kier alpha value is -0.620. The van der Waals surface area contributed by atoms with E-state index in [4.69, 9.17) is 0 Å². The lowest BCUT2D eigenvalue weighted by molar-refractivity contribution is -0.133. The predicted octanol–water partition coefficient (Wildman–Crippen LogP) is 0.802. The molecular formula is C13H26N2O3S. The van der Waals surface area contributed by atoms with Crippen molar-refractivity contribution >= 4 is 15.7 Å². The number of hydrogen-bond acceptors (Lipinski definition) is 4. The second-order valence-electron chi connectivity index (χ2n) is 5.10. The van der Waals surface area contributed by atoms with Gasteiger partial charge in [0.2, 0.25) is 5.91 Å². The van der Waals surface area contributed by atoms with Crippen LogP contribution in [-0.2, 0) is 14.6 Å². The molecule has 1 atom stereocenters. The van der Waals surface area contributed by atoms with Gasteiger partial charge < -0.3 is 10.2 Å². The van der Waals surface area contributed by atoms with Crippen LogP contribution in [0.15, 0.2) is 0 Å². The minimum absolute atomic E-state index is 0.0801. The van der Waals surface area contributed by atoms with Crippen molar-refractivity contribution in [3.05, 3.63) is 0 Å². The first-order chi connectivity index (χ1) is 9.00. The van der Waals surface area contributed by atoms with E-state index >= 15 is 0 Å². The Morgan fingerprint density at radius 3 is 2.63 bits per heavy atom. The number of nitrogens with zero attached hydrogens (tertiary/aromatic N) is 1. The summed E-state index contributed by atoms with van der Waals surface area (Å²) >= 11 is 0. The third-order valence-electron chi connectivity index (χ3n) is 3.49. The molecule has 5 nitrogen and oxygen atoms in total. The molecule has 0 aromatic rings. The minimum atomic E-state index is -2.93. The van der Waals surface area contributed by atoms with E-state index in [2.05, 4.69) is 12.2 Å². The van der Waals surface area contributed by atoms with Gasteiger partial charge in [0.1, 0.15) is 0 Å². The van der Waals surface area contributed by atoms with Gasteiger partial charge >= 0.3 is 0 Å². The van der Waals surface area contributed by atoms with Crippen molar-refractivity contribution in [2.75, 3.05) is 31.1 Å². The Kier molecular flexibility index (Phi) is 6.79. The van der Waals surface area contributed by atoms with Crippen LogP contribution in [0.5, 0.6) is 0 Å². The smallest absolute Gasteiger partial charge is 0.224 e. The van der Waals surface area contributed by atoms with Crippen LogP contribution < -0.4 is 5.32 Å². The maximum Gasteiger partial charge on any atom is 0.224 e. The van der Waals surface area contributed by atoms with Crippen LogP contribution in [0, 0.1) is 0 Å². The fraction of sp³-hybridized carbons (Fsp3) is 0.923. The van der Waals surface area contributed by atoms with Gasteiger partial charge in [-0.25, -0.2) is 8.42 Å². The average Bonchev–Trinajstić information content (AvgIpc) is 2.70. The van der Waals surface area contributed by atoms with Crippen molar-refractivity contribution in [2.24, 2.45) is 0 Å². The Morgan fingerprint density at radius 1 is 1.37 bits per heavy atom. The lowest BCUT2D eigenvalue weighted by Crippen LogP contribution is -2.42. The first-order valence-corrected chi connectivity index (χ1v) is 9.03. The molecule has 1 fully saturated rings. The zero-order valence-electron chi connectivity index (χ0n) is 12.0. The molecule has 1 aliphatic rings. The first-order valence-electron chi connectivity index (χ1n) is 7.20. The van der Waals surface area contributed by atoms with Crippen LogP contribution in [0.3, 0.4) is 0 Å². The number of rotatable bonds is 8. The van der Waals surface area contributed by atoms with Crippen LogP contribution in [0.2, 0.25) is 0 Å². The number of unbranched alkanes of at least 4 members (excludes halogenated alkanes) is 1. The maximum atomic E-state index is 12.2. The molecule has 0 aliphatic carbocycles. The molecule has 0 saturated carbocycles. The molecule has 0 bridgehead atoms. The molecule has 1 saturated heterocycles. The number of carbonyl (C=O) groups is 1. The van der Waals surface area contributed by atoms with Crippen LogP contribution in [0.4, 0.5) is 0 Å². The average molecular weight is 290 g/mol. The van der Waals surface area contributed by atoms with Crippen molar-refractivity contribution in [3.8, 4) is 0 Å². The van der Waals surface area contributed by atoms with E-state index in [1.54, 1.807) is 4.90 Å². The summed E-state index contributed by atoms with van der Waals surface area (Å²) in [6, 6.07) is -0.106. The second-order valence-corrected chi connectivity index (χ2v) is 7.33. The van der Waals surface area contributed by atoms with Gasteiger partial charge in [0.15, 0.2) is 9.84 Å². The number of nitrogens with one attached hydrogen (secondary N) is 1. The first kappa shape index (κ1) is 16.4. The van der Waals surface area contributed by atoms with E-state index < -0.39 is 9.84 Å². The number of hydrogen-bond donors (Lipinski definition) is 1. The van der Waals surface area contributed by atoms with Gasteiger partial charge in [0, 0.05) is 25.6 Å². The summed E-state index contributed by atoms with van der Waals surface area (Å²) in [5, 5.41) is 3.13. The third kappa shape index (κ3) is 5.48. The molecule has 1 aliphatic heterocycles. The molecule has 0 radical (unpaired) electrons. The highest BCUT2D eigenvalue weighted by Gasteiger charge is 2.33. The summed E-state index contributed by atoms with van der Waals surface area (Å²) in [4.78, 5) is 14.0. The summed E-state index contributed by atoms with van der Waals surface area (Å²) in [5.41, 5.74) is 0. The molecule has 6 heteroatoms. The lowest BCUT2D eigenvalue weighted by Gasteiger charge is -2.28. The summed E-state index contributed by atoms with van der Waals surface area (Å²) < 4.78 is 23.1. The molecule has 0 aromatic heterocycles. The number of amides is 1. The molecule has 1 amide bonds. The molecule has 1 rings (SSSR count). The highest BCUT2D eigenvalue weighted by atomic mass is 32.2. The second kappa shape index (κ2) is 7.85. The van der Waals surface area contributed by atoms with E-state index in [1.807, 2.05) is 6.92 Å². The van der Waals surface area contributed by atoms with Crippen molar-refractivity contribution in [2.45, 2.75) is 45.6 Å². The van der Waals surface area contributed by atoms with Crippen molar-refractivity contribution in [1.82, 2.24) is 10.2 Å². The van der Waals surface area contributed by atoms with Crippen molar-refractivity contribution < 1.29 is 13.2 Å². The van der Waals surface area contributed by atoms with Crippen LogP contribution in [0.25, 0.3) is 0 Å². The summed E-state index contributed by atoms with van der Waals surface area (Å²) in [7, 11) is -2.93. The van der Waals surface area contributed by atoms with E-state index in [0.29, 0.717) is 25.9 Å². The summed E-state index contributed by atoms with van der Waals surface area (Å²) in [6.45, 7) is 6.27. The quantitative estimate of drug-likeness (QED) is 0.672. The summed E-state index contributed by atoms with van der Waals surface area (Å²) in [6.07, 6.45) is 2.99. The van der Waals surface area contributed by atoms with Gasteiger partial charge in [-0.3, -0.25) is 4.79 Å². The third-order valence-corrected chi connectivity index (χ3v) is 5.24. The van der Waals surface area contributed by atoms with E-state index in [0.717, 1.165) is 19.4 Å². The molecule has 1 heterocycles. The van der Waals surface area contributed by atoms with Gasteiger partial charge in [-0.2, -0.15) is 0 Å². The Labute approximate surface area is 116 Å². The largest absolute Gasteiger partial charge is 0.339 e. The van der Waals surface area contributed by atoms with E-state index in [-0.39, 0.29) is 23.5 Å². The Balaban J connectivity index is 2.58. The lowest BCUT2D eigenvalue weighted by atomic mass is 10.2. The highest BCUT2D eigenvalue weighted by molar-refractivity contribution is 7.91. The molecule has 19 heavy (non-hydrogen) atoms. The molecule has 1 unspecified atom stereocenters. The maximum absolute atomic E-state index is 12.2. The van der Waals surface area contributed by atoms with Crippen LogP contribution in [0.1, 0.15) is 39.5 Å².